The predicted octanol–water partition coefficient (Wildman–Crippen LogP) is 3.51. The largest absolute Gasteiger partial charge is 0.480 e. The lowest BCUT2D eigenvalue weighted by molar-refractivity contribution is -0.00244. The van der Waals surface area contributed by atoms with Gasteiger partial charge in [0.25, 0.3) is 0 Å². The van der Waals surface area contributed by atoms with Gasteiger partial charge < -0.3 is 20.3 Å². The molecule has 0 bridgehead atoms. The van der Waals surface area contributed by atoms with E-state index in [2.05, 4.69) is 20.3 Å². The summed E-state index contributed by atoms with van der Waals surface area (Å²) in [7, 11) is 1.49. The van der Waals surface area contributed by atoms with Gasteiger partial charge in [0.1, 0.15) is 15.6 Å². The van der Waals surface area contributed by atoms with E-state index in [0.717, 1.165) is 21.7 Å². The van der Waals surface area contributed by atoms with E-state index in [4.69, 9.17) is 16.3 Å². The van der Waals surface area contributed by atoms with Crippen molar-refractivity contribution in [2.24, 2.45) is 0 Å². The van der Waals surface area contributed by atoms with E-state index in [1.165, 1.54) is 31.6 Å². The zero-order valence-electron chi connectivity index (χ0n) is 15.0. The number of rotatable bonds is 6. The van der Waals surface area contributed by atoms with Gasteiger partial charge in [-0.05, 0) is 37.1 Å². The van der Waals surface area contributed by atoms with Crippen LogP contribution in [0.3, 0.4) is 0 Å². The third-order valence-electron chi connectivity index (χ3n) is 3.80. The number of methoxy groups -OCH3 is 1. The molecule has 0 aliphatic heterocycles. The molecule has 2 heterocycles. The highest BCUT2D eigenvalue weighted by Gasteiger charge is 2.26. The Balaban J connectivity index is 1.91. The van der Waals surface area contributed by atoms with Gasteiger partial charge in [-0.1, -0.05) is 17.7 Å². The van der Waals surface area contributed by atoms with E-state index in [-0.39, 0.29) is 0 Å². The van der Waals surface area contributed by atoms with Gasteiger partial charge in [0.05, 0.1) is 24.8 Å². The standard InChI is InChI=1S/C18H19ClN4O3S/c1-10-4-11(14-8-20-16(27-14)18(2,25)9-24)6-12(5-10)22-17-21-7-13(19)15(23-17)26-3/h4-8,24-25H,9H2,1-3H3,(H,21,22,23). The Labute approximate surface area is 165 Å². The molecule has 1 unspecified atom stereocenters. The second kappa shape index (κ2) is 7.77. The maximum absolute atomic E-state index is 10.2. The van der Waals surface area contributed by atoms with Crippen molar-refractivity contribution in [3.05, 3.63) is 46.2 Å². The van der Waals surface area contributed by atoms with Gasteiger partial charge in [0.2, 0.25) is 11.8 Å². The van der Waals surface area contributed by atoms with Crippen molar-refractivity contribution in [3.8, 4) is 16.3 Å². The van der Waals surface area contributed by atoms with Crippen molar-refractivity contribution < 1.29 is 14.9 Å². The van der Waals surface area contributed by atoms with E-state index in [0.29, 0.717) is 21.9 Å². The SMILES string of the molecule is COc1nc(Nc2cc(C)cc(-c3cnc(C(C)(O)CO)s3)c2)ncc1Cl. The molecule has 0 fully saturated rings. The van der Waals surface area contributed by atoms with Crippen LogP contribution in [0, 0.1) is 6.92 Å². The number of aryl methyl sites for hydroxylation is 1. The van der Waals surface area contributed by atoms with Crippen LogP contribution in [0.4, 0.5) is 11.6 Å². The molecule has 0 aliphatic rings. The summed E-state index contributed by atoms with van der Waals surface area (Å²) in [6.45, 7) is 3.12. The molecule has 7 nitrogen and oxygen atoms in total. The van der Waals surface area contributed by atoms with Gasteiger partial charge in [0.15, 0.2) is 0 Å². The maximum atomic E-state index is 10.2. The maximum Gasteiger partial charge on any atom is 0.237 e. The molecule has 0 amide bonds. The second-order valence-electron chi connectivity index (χ2n) is 6.23. The topological polar surface area (TPSA) is 100 Å². The Morgan fingerprint density at radius 2 is 2.04 bits per heavy atom. The summed E-state index contributed by atoms with van der Waals surface area (Å²) in [5, 5.41) is 23.4. The van der Waals surface area contributed by atoms with Crippen LogP contribution in [0.5, 0.6) is 5.88 Å². The predicted molar refractivity (Wildman–Crippen MR) is 106 cm³/mol. The Bertz CT molecular complexity index is 962. The highest BCUT2D eigenvalue weighted by Crippen LogP contribution is 2.34. The van der Waals surface area contributed by atoms with Crippen LogP contribution in [0.15, 0.2) is 30.6 Å². The second-order valence-corrected chi connectivity index (χ2v) is 7.66. The first kappa shape index (κ1) is 19.5. The number of thiazole rings is 1. The quantitative estimate of drug-likeness (QED) is 0.575. The van der Waals surface area contributed by atoms with Crippen molar-refractivity contribution in [1.29, 1.82) is 0 Å². The molecular weight excluding hydrogens is 388 g/mol. The Kier molecular flexibility index (Phi) is 5.61. The van der Waals surface area contributed by atoms with Gasteiger partial charge in [-0.3, -0.25) is 0 Å². The van der Waals surface area contributed by atoms with E-state index in [9.17, 15) is 10.2 Å². The molecule has 0 saturated carbocycles. The summed E-state index contributed by atoms with van der Waals surface area (Å²) in [6.07, 6.45) is 3.16. The minimum absolute atomic E-state index is 0.292. The van der Waals surface area contributed by atoms with Crippen molar-refractivity contribution in [1.82, 2.24) is 15.0 Å². The van der Waals surface area contributed by atoms with Crippen molar-refractivity contribution >= 4 is 34.6 Å². The summed E-state index contributed by atoms with van der Waals surface area (Å²) in [5.74, 6) is 0.654. The Morgan fingerprint density at radius 1 is 1.26 bits per heavy atom. The van der Waals surface area contributed by atoms with E-state index >= 15 is 0 Å². The van der Waals surface area contributed by atoms with Gasteiger partial charge >= 0.3 is 0 Å². The normalized spacial score (nSPS) is 13.3. The van der Waals surface area contributed by atoms with Gasteiger partial charge in [-0.15, -0.1) is 11.3 Å². The van der Waals surface area contributed by atoms with Crippen LogP contribution in [-0.4, -0.2) is 38.9 Å². The first-order valence-electron chi connectivity index (χ1n) is 8.07. The molecule has 1 atom stereocenters. The number of aliphatic hydroxyl groups excluding tert-OH is 1. The number of ether oxygens (including phenoxy) is 1. The first-order chi connectivity index (χ1) is 12.8. The third-order valence-corrected chi connectivity index (χ3v) is 5.36. The molecule has 3 rings (SSSR count). The van der Waals surface area contributed by atoms with E-state index < -0.39 is 12.2 Å². The van der Waals surface area contributed by atoms with Crippen LogP contribution < -0.4 is 10.1 Å². The van der Waals surface area contributed by atoms with Gasteiger partial charge in [-0.2, -0.15) is 4.98 Å². The van der Waals surface area contributed by atoms with E-state index in [1.807, 2.05) is 25.1 Å². The summed E-state index contributed by atoms with van der Waals surface area (Å²) < 4.78 is 5.11. The lowest BCUT2D eigenvalue weighted by Crippen LogP contribution is -2.25. The minimum Gasteiger partial charge on any atom is -0.480 e. The molecule has 1 aromatic carbocycles. The van der Waals surface area contributed by atoms with Crippen LogP contribution in [0.2, 0.25) is 5.02 Å². The highest BCUT2D eigenvalue weighted by atomic mass is 35.5. The fourth-order valence-electron chi connectivity index (χ4n) is 2.41. The number of hydrogen-bond acceptors (Lipinski definition) is 8. The Hall–Kier alpha value is -2.26. The number of halogens is 1. The van der Waals surface area contributed by atoms with Crippen molar-refractivity contribution in [3.63, 3.8) is 0 Å². The average Bonchev–Trinajstić information content (AvgIpc) is 3.14. The molecular formula is C18H19ClN4O3S. The average molecular weight is 407 g/mol. The number of aliphatic hydroxyl groups is 2. The summed E-state index contributed by atoms with van der Waals surface area (Å²) >= 11 is 7.29. The lowest BCUT2D eigenvalue weighted by Gasteiger charge is -2.16. The minimum atomic E-state index is -1.36. The zero-order valence-corrected chi connectivity index (χ0v) is 16.6. The fourth-order valence-corrected chi connectivity index (χ4v) is 3.51. The molecule has 0 aliphatic carbocycles. The fraction of sp³-hybridized carbons (Fsp3) is 0.278. The van der Waals surface area contributed by atoms with Crippen LogP contribution >= 0.6 is 22.9 Å². The number of anilines is 2. The first-order valence-corrected chi connectivity index (χ1v) is 9.27. The molecule has 142 valence electrons. The molecule has 3 N–H and O–H groups in total. The van der Waals surface area contributed by atoms with Gasteiger partial charge in [-0.25, -0.2) is 9.97 Å². The summed E-state index contributed by atoms with van der Waals surface area (Å²) in [6, 6.07) is 5.90. The van der Waals surface area contributed by atoms with Crippen molar-refractivity contribution in [2.75, 3.05) is 19.0 Å². The summed E-state index contributed by atoms with van der Waals surface area (Å²) in [4.78, 5) is 13.5. The zero-order chi connectivity index (χ0) is 19.6. The molecule has 0 spiro atoms. The molecule has 27 heavy (non-hydrogen) atoms. The lowest BCUT2D eigenvalue weighted by atomic mass is 10.1. The molecule has 2 aromatic heterocycles. The molecule has 3 aromatic rings. The number of nitrogens with zero attached hydrogens (tertiary/aromatic N) is 3. The third kappa shape index (κ3) is 4.36. The van der Waals surface area contributed by atoms with E-state index in [1.54, 1.807) is 6.20 Å². The smallest absolute Gasteiger partial charge is 0.237 e. The van der Waals surface area contributed by atoms with Crippen LogP contribution in [0.25, 0.3) is 10.4 Å². The number of benzene rings is 1. The van der Waals surface area contributed by atoms with Crippen molar-refractivity contribution in [2.45, 2.75) is 19.4 Å². The van der Waals surface area contributed by atoms with Gasteiger partial charge in [0, 0.05) is 11.9 Å². The highest BCUT2D eigenvalue weighted by molar-refractivity contribution is 7.15. The van der Waals surface area contributed by atoms with Crippen LogP contribution in [0.1, 0.15) is 17.5 Å². The molecule has 0 radical (unpaired) electrons. The summed E-state index contributed by atoms with van der Waals surface area (Å²) in [5.41, 5.74) is 1.38. The molecule has 0 saturated heterocycles. The van der Waals surface area contributed by atoms with Crippen LogP contribution in [-0.2, 0) is 5.60 Å². The number of hydrogen-bond donors (Lipinski definition) is 3. The monoisotopic (exact) mass is 406 g/mol. The number of nitrogens with one attached hydrogen (secondary N) is 1. The number of aromatic nitrogens is 3. The molecule has 9 heteroatoms. The Morgan fingerprint density at radius 3 is 2.74 bits per heavy atom.